The van der Waals surface area contributed by atoms with Crippen molar-refractivity contribution >= 4 is 28.4 Å². The third kappa shape index (κ3) is 5.51. The van der Waals surface area contributed by atoms with Crippen molar-refractivity contribution in [2.45, 2.75) is 106 Å². The van der Waals surface area contributed by atoms with Crippen molar-refractivity contribution in [1.29, 1.82) is 0 Å². The molecule has 2 aromatic carbocycles. The van der Waals surface area contributed by atoms with Crippen LogP contribution in [0.4, 0.5) is 0 Å². The van der Waals surface area contributed by atoms with Gasteiger partial charge in [0, 0.05) is 17.1 Å². The summed E-state index contributed by atoms with van der Waals surface area (Å²) >= 11 is 0. The minimum absolute atomic E-state index is 0.0389. The van der Waals surface area contributed by atoms with E-state index in [0.717, 1.165) is 50.5 Å². The molecule has 5 nitrogen and oxygen atoms in total. The molecule has 4 aliphatic carbocycles. The summed E-state index contributed by atoms with van der Waals surface area (Å²) in [5.74, 6) is 0.512. The maximum absolute atomic E-state index is 13.0. The van der Waals surface area contributed by atoms with E-state index in [4.69, 9.17) is 0 Å². The van der Waals surface area contributed by atoms with Gasteiger partial charge in [0.1, 0.15) is 0 Å². The Morgan fingerprint density at radius 1 is 0.922 bits per heavy atom. The van der Waals surface area contributed by atoms with Crippen molar-refractivity contribution in [2.24, 2.45) is 51.2 Å². The van der Waals surface area contributed by atoms with Crippen LogP contribution in [0, 0.1) is 51.2 Å². The number of carboxylic acids is 2. The van der Waals surface area contributed by atoms with Gasteiger partial charge in [0.15, 0.2) is 0 Å². The molecule has 1 aromatic heterocycles. The van der Waals surface area contributed by atoms with Gasteiger partial charge >= 0.3 is 11.9 Å². The first-order valence-electron chi connectivity index (χ1n) is 19.5. The number of aromatic carboxylic acids is 1. The number of aliphatic carboxylic acids is 1. The van der Waals surface area contributed by atoms with E-state index in [-0.39, 0.29) is 22.2 Å². The Kier molecular flexibility index (Phi) is 8.91. The van der Waals surface area contributed by atoms with Gasteiger partial charge in [0.2, 0.25) is 0 Å². The van der Waals surface area contributed by atoms with Gasteiger partial charge in [-0.3, -0.25) is 9.78 Å². The molecule has 270 valence electrons. The summed E-state index contributed by atoms with van der Waals surface area (Å²) in [7, 11) is 0. The van der Waals surface area contributed by atoms with Crippen LogP contribution in [0.25, 0.3) is 27.6 Å². The maximum atomic E-state index is 13.0. The Balaban J connectivity index is 1.13. The Morgan fingerprint density at radius 3 is 2.31 bits per heavy atom. The lowest BCUT2D eigenvalue weighted by molar-refractivity contribution is -0.177. The lowest BCUT2D eigenvalue weighted by Crippen LogP contribution is -2.58. The Hall–Kier alpha value is -3.73. The van der Waals surface area contributed by atoms with Gasteiger partial charge < -0.3 is 10.2 Å². The fourth-order valence-corrected chi connectivity index (χ4v) is 12.4. The van der Waals surface area contributed by atoms with Crippen LogP contribution >= 0.6 is 0 Å². The molecule has 5 heteroatoms. The standard InChI is InChI=1S/C46H57NO4/c1-28(2)32-20-24-46(42(50)51)26-25-45(7)37(40(32)46)12-10-22-44(45,6)23-21-35-29(3)14-19-36(43(35,4)5)31-17-15-30(16-18-31)34-27-47-38-13-9-8-11-33(38)39(34)41(48)49/h8-9,11,13,15-19,27,29,32,35,37,40H,1,10,12,14,20-26H2,2-7H3,(H,48,49)(H,50,51). The Morgan fingerprint density at radius 2 is 1.63 bits per heavy atom. The van der Waals surface area contributed by atoms with Crippen LogP contribution in [0.15, 0.2) is 73.0 Å². The molecule has 1 heterocycles. The van der Waals surface area contributed by atoms with Crippen molar-refractivity contribution in [2.75, 3.05) is 0 Å². The van der Waals surface area contributed by atoms with Crippen molar-refractivity contribution < 1.29 is 19.8 Å². The van der Waals surface area contributed by atoms with Gasteiger partial charge in [-0.15, -0.1) is 0 Å². The molecule has 4 aliphatic rings. The summed E-state index contributed by atoms with van der Waals surface area (Å²) in [6.07, 6.45) is 14.6. The maximum Gasteiger partial charge on any atom is 0.337 e. The zero-order valence-electron chi connectivity index (χ0n) is 31.6. The number of hydrogen-bond donors (Lipinski definition) is 2. The number of fused-ring (bicyclic) bond motifs is 4. The van der Waals surface area contributed by atoms with E-state index in [1.807, 2.05) is 24.3 Å². The van der Waals surface area contributed by atoms with Crippen LogP contribution in [0.3, 0.4) is 0 Å². The second kappa shape index (κ2) is 12.7. The van der Waals surface area contributed by atoms with Crippen LogP contribution in [0.5, 0.6) is 0 Å². The molecule has 0 saturated heterocycles. The summed E-state index contributed by atoms with van der Waals surface area (Å²) in [6.45, 7) is 18.9. The van der Waals surface area contributed by atoms with Gasteiger partial charge in [0.25, 0.3) is 0 Å². The summed E-state index contributed by atoms with van der Waals surface area (Å²) in [4.78, 5) is 30.0. The molecule has 0 aliphatic heterocycles. The summed E-state index contributed by atoms with van der Waals surface area (Å²) in [6, 6.07) is 15.9. The highest BCUT2D eigenvalue weighted by atomic mass is 16.4. The number of pyridine rings is 1. The van der Waals surface area contributed by atoms with E-state index in [1.165, 1.54) is 36.0 Å². The molecular weight excluding hydrogens is 631 g/mol. The number of nitrogens with zero attached hydrogens (tertiary/aromatic N) is 1. The quantitative estimate of drug-likeness (QED) is 0.230. The zero-order chi connectivity index (χ0) is 36.5. The second-order valence-electron chi connectivity index (χ2n) is 18.1. The number of rotatable bonds is 8. The number of hydrogen-bond acceptors (Lipinski definition) is 3. The molecule has 8 unspecified atom stereocenters. The normalized spacial score (nSPS) is 34.3. The first-order valence-corrected chi connectivity index (χ1v) is 19.5. The van der Waals surface area contributed by atoms with Crippen molar-refractivity contribution in [1.82, 2.24) is 4.98 Å². The fraction of sp³-hybridized carbons (Fsp3) is 0.543. The minimum atomic E-state index is -0.944. The summed E-state index contributed by atoms with van der Waals surface area (Å²) in [5.41, 5.74) is 5.90. The topological polar surface area (TPSA) is 87.5 Å². The average Bonchev–Trinajstić information content (AvgIpc) is 3.50. The molecule has 7 rings (SSSR count). The van der Waals surface area contributed by atoms with Crippen molar-refractivity contribution in [3.63, 3.8) is 0 Å². The fourth-order valence-electron chi connectivity index (χ4n) is 12.4. The molecule has 2 N–H and O–H groups in total. The van der Waals surface area contributed by atoms with E-state index < -0.39 is 17.4 Å². The van der Waals surface area contributed by atoms with E-state index in [1.54, 1.807) is 6.20 Å². The number of allylic oxidation sites excluding steroid dienone is 3. The number of para-hydroxylation sites is 1. The third-order valence-electron chi connectivity index (χ3n) is 15.5. The Bertz CT molecular complexity index is 1910. The van der Waals surface area contributed by atoms with Crippen molar-refractivity contribution in [3.05, 3.63) is 84.1 Å². The highest BCUT2D eigenvalue weighted by molar-refractivity contribution is 6.08. The van der Waals surface area contributed by atoms with Gasteiger partial charge in [-0.1, -0.05) is 102 Å². The molecule has 8 atom stereocenters. The lowest BCUT2D eigenvalue weighted by Gasteiger charge is -2.63. The van der Waals surface area contributed by atoms with Crippen LogP contribution in [-0.4, -0.2) is 27.1 Å². The molecule has 51 heavy (non-hydrogen) atoms. The first kappa shape index (κ1) is 35.7. The number of aromatic nitrogens is 1. The average molecular weight is 688 g/mol. The first-order chi connectivity index (χ1) is 24.1. The van der Waals surface area contributed by atoms with Gasteiger partial charge in [-0.05, 0) is 133 Å². The van der Waals surface area contributed by atoms with E-state index >= 15 is 0 Å². The molecule has 0 amide bonds. The molecule has 0 spiro atoms. The Labute approximate surface area is 304 Å². The van der Waals surface area contributed by atoms with Gasteiger partial charge in [-0.2, -0.15) is 0 Å². The largest absolute Gasteiger partial charge is 0.481 e. The van der Waals surface area contributed by atoms with Crippen molar-refractivity contribution in [3.8, 4) is 11.1 Å². The highest BCUT2D eigenvalue weighted by Gasteiger charge is 2.66. The molecular formula is C46H57NO4. The van der Waals surface area contributed by atoms with E-state index in [2.05, 4.69) is 83.4 Å². The summed E-state index contributed by atoms with van der Waals surface area (Å²) < 4.78 is 0. The SMILES string of the molecule is C=C(C)C1CCC2(C(=O)O)CCC3(C)C(CCCC3(C)CCC3C(C)CC=C(c4ccc(-c5cnc6ccccc6c5C(=O)O)cc4)C3(C)C)C12. The van der Waals surface area contributed by atoms with Gasteiger partial charge in [-0.25, -0.2) is 4.79 Å². The molecule has 3 aromatic rings. The predicted octanol–water partition coefficient (Wildman–Crippen LogP) is 11.7. The molecule has 0 bridgehead atoms. The van der Waals surface area contributed by atoms with E-state index in [9.17, 15) is 19.8 Å². The molecule has 0 radical (unpaired) electrons. The van der Waals surface area contributed by atoms with Gasteiger partial charge in [0.05, 0.1) is 16.5 Å². The minimum Gasteiger partial charge on any atom is -0.481 e. The zero-order valence-corrected chi connectivity index (χ0v) is 31.6. The molecule has 3 fully saturated rings. The highest BCUT2D eigenvalue weighted by Crippen LogP contribution is 2.71. The van der Waals surface area contributed by atoms with Crippen LogP contribution in [0.1, 0.15) is 122 Å². The monoisotopic (exact) mass is 687 g/mol. The van der Waals surface area contributed by atoms with Crippen LogP contribution < -0.4 is 0 Å². The van der Waals surface area contributed by atoms with E-state index in [0.29, 0.717) is 45.7 Å². The molecule has 3 saturated carbocycles. The van der Waals surface area contributed by atoms with Crippen LogP contribution in [-0.2, 0) is 4.79 Å². The lowest BCUT2D eigenvalue weighted by atomic mass is 9.41. The van der Waals surface area contributed by atoms with Crippen LogP contribution in [0.2, 0.25) is 0 Å². The number of carbonyl (C=O) groups is 2. The second-order valence-corrected chi connectivity index (χ2v) is 18.1. The number of carboxylic acid groups (broad SMARTS) is 2. The smallest absolute Gasteiger partial charge is 0.337 e. The third-order valence-corrected chi connectivity index (χ3v) is 15.5. The summed E-state index contributed by atoms with van der Waals surface area (Å²) in [5, 5.41) is 21.5. The predicted molar refractivity (Wildman–Crippen MR) is 206 cm³/mol. The number of benzene rings is 2.